The fraction of sp³-hybridized carbons (Fsp3) is 0.350. The highest BCUT2D eigenvalue weighted by Gasteiger charge is 2.43. The first-order valence-corrected chi connectivity index (χ1v) is 15.6. The van der Waals surface area contributed by atoms with Gasteiger partial charge in [0, 0.05) is 0 Å². The van der Waals surface area contributed by atoms with Crippen LogP contribution in [-0.4, -0.2) is 25.2 Å². The van der Waals surface area contributed by atoms with Gasteiger partial charge in [0.25, 0.3) is 0 Å². The number of ether oxygens (including phenoxy) is 2. The van der Waals surface area contributed by atoms with Gasteiger partial charge in [-0.2, -0.15) is 0 Å². The van der Waals surface area contributed by atoms with Crippen molar-refractivity contribution in [3.63, 3.8) is 0 Å². The highest BCUT2D eigenvalue weighted by atomic mass is 16.5. The molecule has 0 amide bonds. The first kappa shape index (κ1) is 29.9. The molecule has 226 valence electrons. The van der Waals surface area contributed by atoms with Gasteiger partial charge in [0.15, 0.2) is 0 Å². The summed E-state index contributed by atoms with van der Waals surface area (Å²) in [4.78, 5) is 28.9. The molecule has 6 rings (SSSR count). The third-order valence-corrected chi connectivity index (χ3v) is 8.58. The minimum Gasteiger partial charge on any atom is -0.465 e. The summed E-state index contributed by atoms with van der Waals surface area (Å²) in [5, 5.41) is 0. The molecule has 2 unspecified atom stereocenters. The molecule has 0 fully saturated rings. The van der Waals surface area contributed by atoms with Crippen molar-refractivity contribution in [2.24, 2.45) is 10.8 Å². The van der Waals surface area contributed by atoms with E-state index in [0.717, 1.165) is 33.4 Å². The van der Waals surface area contributed by atoms with E-state index in [4.69, 9.17) is 9.47 Å². The molecule has 0 heterocycles. The first-order chi connectivity index (χ1) is 20.9. The van der Waals surface area contributed by atoms with Gasteiger partial charge in [0.1, 0.15) is 0 Å². The van der Waals surface area contributed by atoms with Gasteiger partial charge in [0.05, 0.1) is 25.0 Å². The Balaban J connectivity index is 1.53. The number of hydrogen-bond donors (Lipinski definition) is 0. The van der Waals surface area contributed by atoms with Crippen LogP contribution in [0.4, 0.5) is 0 Å². The molecule has 0 saturated carbocycles. The Morgan fingerprint density at radius 1 is 0.545 bits per heavy atom. The van der Waals surface area contributed by atoms with E-state index in [1.54, 1.807) is 0 Å². The summed E-state index contributed by atoms with van der Waals surface area (Å²) in [5.41, 5.74) is 10.4. The standard InChI is InChI=1S/C40H42O4/c1-39(2,3)23-43-37(41)35(31-19-11-17-29-27-15-9-7-13-25(27)21-33(29)31)36(38(42)44-24-40(4,5)6)32-20-12-18-30-28-16-10-8-14-26(28)22-34(30)32/h7-20,35-36H,21-24H2,1-6H3. The Hall–Kier alpha value is -4.18. The second-order valence-electron chi connectivity index (χ2n) is 14.7. The third kappa shape index (κ3) is 5.83. The van der Waals surface area contributed by atoms with Crippen molar-refractivity contribution in [2.75, 3.05) is 13.2 Å². The van der Waals surface area contributed by atoms with Crippen LogP contribution in [0.3, 0.4) is 0 Å². The van der Waals surface area contributed by atoms with E-state index in [2.05, 4.69) is 48.5 Å². The SMILES string of the molecule is CC(C)(C)COC(=O)C(c1cccc2c1Cc1ccccc1-2)C(C(=O)OCC(C)(C)C)c1cccc2c1Cc1ccccc1-2. The van der Waals surface area contributed by atoms with Gasteiger partial charge < -0.3 is 9.47 Å². The molecular weight excluding hydrogens is 544 g/mol. The van der Waals surface area contributed by atoms with Gasteiger partial charge in [-0.25, -0.2) is 0 Å². The summed E-state index contributed by atoms with van der Waals surface area (Å²) < 4.78 is 12.2. The zero-order valence-corrected chi connectivity index (χ0v) is 26.7. The molecule has 0 bridgehead atoms. The molecular formula is C40H42O4. The number of esters is 2. The summed E-state index contributed by atoms with van der Waals surface area (Å²) in [6.07, 6.45) is 1.40. The average Bonchev–Trinajstić information content (AvgIpc) is 3.56. The van der Waals surface area contributed by atoms with Crippen LogP contribution in [0.15, 0.2) is 84.9 Å². The van der Waals surface area contributed by atoms with E-state index in [-0.39, 0.29) is 24.0 Å². The van der Waals surface area contributed by atoms with Gasteiger partial charge in [0.2, 0.25) is 0 Å². The molecule has 0 spiro atoms. The minimum absolute atomic E-state index is 0.229. The summed E-state index contributed by atoms with van der Waals surface area (Å²) >= 11 is 0. The van der Waals surface area contributed by atoms with Crippen LogP contribution < -0.4 is 0 Å². The summed E-state index contributed by atoms with van der Waals surface area (Å²) in [7, 11) is 0. The number of carbonyl (C=O) groups excluding carboxylic acids is 2. The Morgan fingerprint density at radius 2 is 0.909 bits per heavy atom. The third-order valence-electron chi connectivity index (χ3n) is 8.58. The lowest BCUT2D eigenvalue weighted by Crippen LogP contribution is -2.33. The topological polar surface area (TPSA) is 52.6 Å². The van der Waals surface area contributed by atoms with Crippen molar-refractivity contribution >= 4 is 11.9 Å². The van der Waals surface area contributed by atoms with Crippen LogP contribution in [-0.2, 0) is 31.9 Å². The molecule has 0 aromatic heterocycles. The van der Waals surface area contributed by atoms with Crippen LogP contribution >= 0.6 is 0 Å². The van der Waals surface area contributed by atoms with Crippen LogP contribution in [0.25, 0.3) is 22.3 Å². The largest absolute Gasteiger partial charge is 0.465 e. The van der Waals surface area contributed by atoms with Crippen molar-refractivity contribution < 1.29 is 19.1 Å². The Labute approximate surface area is 261 Å². The van der Waals surface area contributed by atoms with Crippen LogP contribution in [0.1, 0.15) is 86.8 Å². The molecule has 4 heteroatoms. The smallest absolute Gasteiger partial charge is 0.314 e. The molecule has 2 aliphatic rings. The van der Waals surface area contributed by atoms with Gasteiger partial charge in [-0.15, -0.1) is 0 Å². The molecule has 4 aromatic rings. The molecule has 0 saturated heterocycles. The van der Waals surface area contributed by atoms with Crippen molar-refractivity contribution in [2.45, 2.75) is 66.2 Å². The van der Waals surface area contributed by atoms with Crippen molar-refractivity contribution in [1.29, 1.82) is 0 Å². The van der Waals surface area contributed by atoms with Gasteiger partial charge >= 0.3 is 11.9 Å². The maximum atomic E-state index is 14.5. The van der Waals surface area contributed by atoms with Gasteiger partial charge in [-0.1, -0.05) is 126 Å². The van der Waals surface area contributed by atoms with Crippen molar-refractivity contribution in [3.8, 4) is 22.3 Å². The monoisotopic (exact) mass is 586 g/mol. The average molecular weight is 587 g/mol. The predicted octanol–water partition coefficient (Wildman–Crippen LogP) is 8.88. The van der Waals surface area contributed by atoms with Crippen LogP contribution in [0, 0.1) is 10.8 Å². The van der Waals surface area contributed by atoms with Crippen LogP contribution in [0.2, 0.25) is 0 Å². The molecule has 4 nitrogen and oxygen atoms in total. The lowest BCUT2D eigenvalue weighted by Gasteiger charge is -2.30. The highest BCUT2D eigenvalue weighted by molar-refractivity contribution is 5.93. The van der Waals surface area contributed by atoms with E-state index < -0.39 is 23.8 Å². The molecule has 4 aromatic carbocycles. The van der Waals surface area contributed by atoms with E-state index in [1.807, 2.05) is 77.9 Å². The molecule has 44 heavy (non-hydrogen) atoms. The summed E-state index contributed by atoms with van der Waals surface area (Å²) in [5.74, 6) is -2.53. The predicted molar refractivity (Wildman–Crippen MR) is 176 cm³/mol. The fourth-order valence-corrected chi connectivity index (χ4v) is 6.59. The van der Waals surface area contributed by atoms with Crippen LogP contribution in [0.5, 0.6) is 0 Å². The fourth-order valence-electron chi connectivity index (χ4n) is 6.59. The lowest BCUT2D eigenvalue weighted by atomic mass is 9.76. The molecule has 2 atom stereocenters. The first-order valence-electron chi connectivity index (χ1n) is 15.6. The number of carbonyl (C=O) groups is 2. The summed E-state index contributed by atoms with van der Waals surface area (Å²) in [6.45, 7) is 12.8. The Bertz CT molecular complexity index is 1600. The number of fused-ring (bicyclic) bond motifs is 6. The van der Waals surface area contributed by atoms with Crippen molar-refractivity contribution in [3.05, 3.63) is 118 Å². The summed E-state index contributed by atoms with van der Waals surface area (Å²) in [6, 6.07) is 29.0. The van der Waals surface area contributed by atoms with E-state index in [1.165, 1.54) is 22.3 Å². The van der Waals surface area contributed by atoms with E-state index in [9.17, 15) is 9.59 Å². The normalized spacial score (nSPS) is 14.6. The Kier molecular flexibility index (Phi) is 7.73. The van der Waals surface area contributed by atoms with E-state index >= 15 is 0 Å². The number of benzene rings is 4. The van der Waals surface area contributed by atoms with Crippen molar-refractivity contribution in [1.82, 2.24) is 0 Å². The molecule has 2 aliphatic carbocycles. The maximum Gasteiger partial charge on any atom is 0.314 e. The Morgan fingerprint density at radius 3 is 1.30 bits per heavy atom. The maximum absolute atomic E-state index is 14.5. The van der Waals surface area contributed by atoms with E-state index in [0.29, 0.717) is 12.8 Å². The lowest BCUT2D eigenvalue weighted by molar-refractivity contribution is -0.157. The zero-order chi connectivity index (χ0) is 31.2. The molecule has 0 aliphatic heterocycles. The quantitative estimate of drug-likeness (QED) is 0.175. The number of rotatable bonds is 7. The molecule has 0 radical (unpaired) electrons. The minimum atomic E-state index is -0.871. The number of hydrogen-bond acceptors (Lipinski definition) is 4. The zero-order valence-electron chi connectivity index (χ0n) is 26.7. The van der Waals surface area contributed by atoms with Gasteiger partial charge in [-0.3, -0.25) is 9.59 Å². The second kappa shape index (κ2) is 11.4. The highest BCUT2D eigenvalue weighted by Crippen LogP contribution is 2.48. The van der Waals surface area contributed by atoms with Gasteiger partial charge in [-0.05, 0) is 79.3 Å². The second-order valence-corrected chi connectivity index (χ2v) is 14.7. The molecule has 0 N–H and O–H groups in total.